The molecule has 1 heterocycles. The van der Waals surface area contributed by atoms with E-state index in [0.29, 0.717) is 10.0 Å². The van der Waals surface area contributed by atoms with Gasteiger partial charge in [0.15, 0.2) is 0 Å². The van der Waals surface area contributed by atoms with Crippen molar-refractivity contribution in [1.29, 1.82) is 0 Å². The van der Waals surface area contributed by atoms with Crippen molar-refractivity contribution in [2.24, 2.45) is 0 Å². The van der Waals surface area contributed by atoms with E-state index in [1.165, 1.54) is 6.33 Å². The number of halogens is 2. The molecular formula is C15H18Cl2N4. The van der Waals surface area contributed by atoms with E-state index in [1.54, 1.807) is 0 Å². The molecule has 0 radical (unpaired) electrons. The topological polar surface area (TPSA) is 49.8 Å². The van der Waals surface area contributed by atoms with Crippen molar-refractivity contribution >= 4 is 40.5 Å². The highest BCUT2D eigenvalue weighted by Crippen LogP contribution is 2.32. The van der Waals surface area contributed by atoms with Crippen LogP contribution in [0.4, 0.5) is 17.3 Å². The van der Waals surface area contributed by atoms with E-state index >= 15 is 0 Å². The van der Waals surface area contributed by atoms with Gasteiger partial charge in [-0.3, -0.25) is 0 Å². The molecule has 0 amide bonds. The van der Waals surface area contributed by atoms with Gasteiger partial charge in [-0.1, -0.05) is 30.1 Å². The molecule has 0 aliphatic carbocycles. The van der Waals surface area contributed by atoms with Crippen LogP contribution in [0.2, 0.25) is 10.0 Å². The third kappa shape index (κ3) is 3.57. The van der Waals surface area contributed by atoms with Gasteiger partial charge in [0, 0.05) is 17.1 Å². The van der Waals surface area contributed by atoms with Crippen LogP contribution >= 0.6 is 23.2 Å². The Bertz CT molecular complexity index is 644. The van der Waals surface area contributed by atoms with Crippen LogP contribution in [0.1, 0.15) is 25.0 Å². The van der Waals surface area contributed by atoms with Crippen molar-refractivity contribution in [1.82, 2.24) is 9.97 Å². The first kappa shape index (κ1) is 15.9. The molecule has 0 fully saturated rings. The molecule has 21 heavy (non-hydrogen) atoms. The first-order chi connectivity index (χ1) is 10.1. The van der Waals surface area contributed by atoms with Gasteiger partial charge in [0.1, 0.15) is 18.0 Å². The van der Waals surface area contributed by atoms with Crippen molar-refractivity contribution in [3.8, 4) is 0 Å². The van der Waals surface area contributed by atoms with Gasteiger partial charge in [-0.25, -0.2) is 9.97 Å². The van der Waals surface area contributed by atoms with Crippen molar-refractivity contribution < 1.29 is 0 Å². The normalized spacial score (nSPS) is 10.5. The Kier molecular flexibility index (Phi) is 5.26. The fourth-order valence-electron chi connectivity index (χ4n) is 2.04. The van der Waals surface area contributed by atoms with Gasteiger partial charge in [0.2, 0.25) is 0 Å². The molecular weight excluding hydrogens is 307 g/mol. The Morgan fingerprint density at radius 2 is 1.76 bits per heavy atom. The van der Waals surface area contributed by atoms with Crippen LogP contribution < -0.4 is 10.6 Å². The summed E-state index contributed by atoms with van der Waals surface area (Å²) in [6, 6.07) is 3.65. The van der Waals surface area contributed by atoms with Gasteiger partial charge in [0.05, 0.1) is 10.7 Å². The Morgan fingerprint density at radius 1 is 1.05 bits per heavy atom. The van der Waals surface area contributed by atoms with Crippen LogP contribution in [0.3, 0.4) is 0 Å². The smallest absolute Gasteiger partial charge is 0.139 e. The van der Waals surface area contributed by atoms with Crippen LogP contribution in [-0.2, 0) is 6.42 Å². The molecule has 4 nitrogen and oxygen atoms in total. The van der Waals surface area contributed by atoms with Crippen molar-refractivity contribution in [2.45, 2.75) is 27.2 Å². The summed E-state index contributed by atoms with van der Waals surface area (Å²) in [6.45, 7) is 6.82. The second-order valence-corrected chi connectivity index (χ2v) is 5.45. The van der Waals surface area contributed by atoms with Crippen molar-refractivity contribution in [2.75, 3.05) is 17.2 Å². The minimum absolute atomic E-state index is 0.613. The van der Waals surface area contributed by atoms with E-state index in [0.717, 1.165) is 41.4 Å². The number of hydrogen-bond acceptors (Lipinski definition) is 4. The van der Waals surface area contributed by atoms with Gasteiger partial charge in [-0.15, -0.1) is 0 Å². The Morgan fingerprint density at radius 3 is 2.43 bits per heavy atom. The quantitative estimate of drug-likeness (QED) is 0.827. The highest BCUT2D eigenvalue weighted by molar-refractivity contribution is 6.35. The molecule has 1 aromatic carbocycles. The zero-order valence-corrected chi connectivity index (χ0v) is 13.8. The maximum atomic E-state index is 6.27. The fraction of sp³-hybridized carbons (Fsp3) is 0.333. The van der Waals surface area contributed by atoms with E-state index in [-0.39, 0.29) is 0 Å². The molecule has 0 aliphatic heterocycles. The zero-order chi connectivity index (χ0) is 15.4. The lowest BCUT2D eigenvalue weighted by Crippen LogP contribution is -2.07. The highest BCUT2D eigenvalue weighted by Gasteiger charge is 2.12. The maximum Gasteiger partial charge on any atom is 0.139 e. The van der Waals surface area contributed by atoms with E-state index in [4.69, 9.17) is 23.2 Å². The highest BCUT2D eigenvalue weighted by atomic mass is 35.5. The number of aromatic nitrogens is 2. The van der Waals surface area contributed by atoms with Crippen LogP contribution in [-0.4, -0.2) is 16.5 Å². The first-order valence-corrected chi connectivity index (χ1v) is 7.62. The summed E-state index contributed by atoms with van der Waals surface area (Å²) in [7, 11) is 0. The first-order valence-electron chi connectivity index (χ1n) is 6.87. The molecule has 0 spiro atoms. The Balaban J connectivity index is 2.40. The molecule has 0 unspecified atom stereocenters. The SMILES string of the molecule is CCNc1ncnc(Nc2cc(Cl)c(C)cc2Cl)c1CC. The molecule has 112 valence electrons. The van der Waals surface area contributed by atoms with Gasteiger partial charge < -0.3 is 10.6 Å². The average Bonchev–Trinajstić information content (AvgIpc) is 2.45. The molecule has 6 heteroatoms. The van der Waals surface area contributed by atoms with Gasteiger partial charge in [-0.2, -0.15) is 0 Å². The molecule has 2 N–H and O–H groups in total. The predicted octanol–water partition coefficient (Wildman–Crippen LogP) is 4.83. The number of nitrogens with zero attached hydrogens (tertiary/aromatic N) is 2. The second-order valence-electron chi connectivity index (χ2n) is 4.64. The lowest BCUT2D eigenvalue weighted by Gasteiger charge is -2.15. The molecule has 0 bridgehead atoms. The second kappa shape index (κ2) is 6.96. The molecule has 0 saturated heterocycles. The third-order valence-electron chi connectivity index (χ3n) is 3.14. The number of anilines is 3. The maximum absolute atomic E-state index is 6.27. The molecule has 0 aliphatic rings. The lowest BCUT2D eigenvalue weighted by atomic mass is 10.2. The van der Waals surface area contributed by atoms with E-state index in [9.17, 15) is 0 Å². The summed E-state index contributed by atoms with van der Waals surface area (Å²) in [5.41, 5.74) is 2.70. The number of rotatable bonds is 5. The Labute approximate surface area is 134 Å². The molecule has 2 rings (SSSR count). The number of benzene rings is 1. The van der Waals surface area contributed by atoms with Crippen LogP contribution in [0.5, 0.6) is 0 Å². The molecule has 0 atom stereocenters. The van der Waals surface area contributed by atoms with Crippen LogP contribution in [0.25, 0.3) is 0 Å². The summed E-state index contributed by atoms with van der Waals surface area (Å²) in [4.78, 5) is 8.59. The Hall–Kier alpha value is -1.52. The predicted molar refractivity (Wildman–Crippen MR) is 90.1 cm³/mol. The summed E-state index contributed by atoms with van der Waals surface area (Å²) in [6.07, 6.45) is 2.34. The van der Waals surface area contributed by atoms with Gasteiger partial charge in [0.25, 0.3) is 0 Å². The number of aryl methyl sites for hydroxylation is 1. The van der Waals surface area contributed by atoms with Gasteiger partial charge >= 0.3 is 0 Å². The summed E-state index contributed by atoms with van der Waals surface area (Å²) in [5.74, 6) is 1.58. The van der Waals surface area contributed by atoms with E-state index in [2.05, 4.69) is 27.5 Å². The number of nitrogens with one attached hydrogen (secondary N) is 2. The molecule has 2 aromatic rings. The van der Waals surface area contributed by atoms with E-state index in [1.807, 2.05) is 26.0 Å². The van der Waals surface area contributed by atoms with Crippen molar-refractivity contribution in [3.05, 3.63) is 39.6 Å². The molecule has 0 saturated carbocycles. The zero-order valence-electron chi connectivity index (χ0n) is 12.3. The standard InChI is InChI=1S/C15H18Cl2N4/c1-4-10-14(18-5-2)19-8-20-15(10)21-13-7-11(16)9(3)6-12(13)17/h6-8H,4-5H2,1-3H3,(H2,18,19,20,21). The number of hydrogen-bond donors (Lipinski definition) is 2. The van der Waals surface area contributed by atoms with Gasteiger partial charge in [-0.05, 0) is 38.0 Å². The largest absolute Gasteiger partial charge is 0.370 e. The minimum atomic E-state index is 0.613. The summed E-state index contributed by atoms with van der Waals surface area (Å²) in [5, 5.41) is 7.77. The summed E-state index contributed by atoms with van der Waals surface area (Å²) < 4.78 is 0. The summed E-state index contributed by atoms with van der Waals surface area (Å²) >= 11 is 12.4. The average molecular weight is 325 g/mol. The van der Waals surface area contributed by atoms with E-state index < -0.39 is 0 Å². The van der Waals surface area contributed by atoms with Crippen LogP contribution in [0, 0.1) is 6.92 Å². The van der Waals surface area contributed by atoms with Crippen molar-refractivity contribution in [3.63, 3.8) is 0 Å². The minimum Gasteiger partial charge on any atom is -0.370 e. The fourth-order valence-corrected chi connectivity index (χ4v) is 2.47. The monoisotopic (exact) mass is 324 g/mol. The van der Waals surface area contributed by atoms with Crippen LogP contribution in [0.15, 0.2) is 18.5 Å². The molecule has 1 aromatic heterocycles. The lowest BCUT2D eigenvalue weighted by molar-refractivity contribution is 1.03. The third-order valence-corrected chi connectivity index (χ3v) is 3.86.